The number of hydrogen-bond donors (Lipinski definition) is 0. The van der Waals surface area contributed by atoms with Crippen molar-refractivity contribution >= 4 is 5.78 Å². The van der Waals surface area contributed by atoms with E-state index in [1.807, 2.05) is 0 Å². The van der Waals surface area contributed by atoms with Gasteiger partial charge >= 0.3 is 6.18 Å². The lowest BCUT2D eigenvalue weighted by molar-refractivity contribution is -0.141. The predicted octanol–water partition coefficient (Wildman–Crippen LogP) is 3.01. The topological polar surface area (TPSA) is 39.3 Å². The van der Waals surface area contributed by atoms with Crippen molar-refractivity contribution in [3.05, 3.63) is 69.7 Å². The van der Waals surface area contributed by atoms with Gasteiger partial charge in [0.15, 0.2) is 5.69 Å². The summed E-state index contributed by atoms with van der Waals surface area (Å²) in [6.07, 6.45) is -3.28. The van der Waals surface area contributed by atoms with Crippen molar-refractivity contribution in [1.29, 1.82) is 0 Å². The Balaban J connectivity index is 2.16. The maximum atomic E-state index is 12.9. The Morgan fingerprint density at radius 1 is 1.17 bits per heavy atom. The summed E-state index contributed by atoms with van der Waals surface area (Å²) >= 11 is 0. The average Bonchev–Trinajstić information content (AvgIpc) is 2.78. The molecule has 0 aliphatic rings. The molecule has 0 fully saturated rings. The molecule has 0 atom stereocenters. The zero-order chi connectivity index (χ0) is 16.8. The van der Waals surface area contributed by atoms with E-state index >= 15 is 0 Å². The second kappa shape index (κ2) is 5.22. The molecule has 2 aromatic heterocycles. The summed E-state index contributed by atoms with van der Waals surface area (Å²) in [5.74, 6) is -0.511. The highest BCUT2D eigenvalue weighted by Crippen LogP contribution is 2.27. The first-order valence-electron chi connectivity index (χ1n) is 6.67. The van der Waals surface area contributed by atoms with Crippen LogP contribution in [0.25, 0.3) is 5.78 Å². The first-order chi connectivity index (χ1) is 10.8. The van der Waals surface area contributed by atoms with Gasteiger partial charge in [0, 0.05) is 18.0 Å². The molecule has 8 heteroatoms. The van der Waals surface area contributed by atoms with Gasteiger partial charge in [-0.15, -0.1) is 0 Å². The van der Waals surface area contributed by atoms with Crippen molar-refractivity contribution in [3.8, 4) is 0 Å². The van der Waals surface area contributed by atoms with E-state index in [0.717, 1.165) is 4.40 Å². The van der Waals surface area contributed by atoms with Crippen LogP contribution >= 0.6 is 0 Å². The fourth-order valence-electron chi connectivity index (χ4n) is 2.32. The van der Waals surface area contributed by atoms with Crippen LogP contribution in [0.2, 0.25) is 0 Å². The van der Waals surface area contributed by atoms with Crippen LogP contribution in [0.15, 0.2) is 41.3 Å². The van der Waals surface area contributed by atoms with Gasteiger partial charge in [0.05, 0.1) is 6.54 Å². The summed E-state index contributed by atoms with van der Waals surface area (Å²) in [6.45, 7) is 1.83. The highest BCUT2D eigenvalue weighted by molar-refractivity contribution is 5.36. The molecule has 3 rings (SSSR count). The number of imidazole rings is 1. The monoisotopic (exact) mass is 325 g/mol. The number of benzene rings is 1. The lowest BCUT2D eigenvalue weighted by Gasteiger charge is -2.09. The first kappa shape index (κ1) is 15.3. The van der Waals surface area contributed by atoms with E-state index < -0.39 is 23.2 Å². The van der Waals surface area contributed by atoms with Gasteiger partial charge < -0.3 is 4.57 Å². The summed E-state index contributed by atoms with van der Waals surface area (Å²) < 4.78 is 54.0. The quantitative estimate of drug-likeness (QED) is 0.680. The normalized spacial score (nSPS) is 12.0. The molecule has 0 bridgehead atoms. The summed E-state index contributed by atoms with van der Waals surface area (Å²) in [5, 5.41) is 0. The lowest BCUT2D eigenvalue weighted by atomic mass is 10.2. The van der Waals surface area contributed by atoms with E-state index in [-0.39, 0.29) is 12.3 Å². The molecule has 0 unspecified atom stereocenters. The van der Waals surface area contributed by atoms with Gasteiger partial charge in [0.25, 0.3) is 5.56 Å². The number of aryl methyl sites for hydroxylation is 1. The largest absolute Gasteiger partial charge is 0.433 e. The van der Waals surface area contributed by atoms with Gasteiger partial charge in [-0.1, -0.05) is 12.1 Å². The summed E-state index contributed by atoms with van der Waals surface area (Å²) in [6, 6.07) is 6.04. The predicted molar refractivity (Wildman–Crippen MR) is 74.7 cm³/mol. The molecule has 4 nitrogen and oxygen atoms in total. The molecule has 3 aromatic rings. The maximum Gasteiger partial charge on any atom is 0.433 e. The zero-order valence-corrected chi connectivity index (χ0v) is 11.9. The van der Waals surface area contributed by atoms with Crippen LogP contribution < -0.4 is 5.56 Å². The molecule has 0 aliphatic heterocycles. The van der Waals surface area contributed by atoms with Gasteiger partial charge in [-0.2, -0.15) is 13.2 Å². The third kappa shape index (κ3) is 2.84. The van der Waals surface area contributed by atoms with Crippen LogP contribution in [0.4, 0.5) is 17.6 Å². The molecule has 0 spiro atoms. The molecule has 23 heavy (non-hydrogen) atoms. The van der Waals surface area contributed by atoms with Crippen molar-refractivity contribution in [1.82, 2.24) is 14.0 Å². The second-order valence-corrected chi connectivity index (χ2v) is 5.13. The molecule has 0 amide bonds. The first-order valence-corrected chi connectivity index (χ1v) is 6.67. The molecule has 0 saturated heterocycles. The number of fused-ring (bicyclic) bond motifs is 1. The minimum atomic E-state index is -4.70. The molecule has 120 valence electrons. The average molecular weight is 325 g/mol. The Morgan fingerprint density at radius 2 is 1.83 bits per heavy atom. The minimum absolute atomic E-state index is 0.105. The minimum Gasteiger partial charge on any atom is -0.310 e. The highest BCUT2D eigenvalue weighted by atomic mass is 19.4. The van der Waals surface area contributed by atoms with Crippen LogP contribution in [-0.4, -0.2) is 14.0 Å². The van der Waals surface area contributed by atoms with E-state index in [1.54, 1.807) is 6.92 Å². The van der Waals surface area contributed by atoms with Crippen LogP contribution in [0.1, 0.15) is 17.0 Å². The van der Waals surface area contributed by atoms with Gasteiger partial charge in [0.2, 0.25) is 5.78 Å². The zero-order valence-electron chi connectivity index (χ0n) is 11.9. The highest BCUT2D eigenvalue weighted by Gasteiger charge is 2.34. The van der Waals surface area contributed by atoms with Crippen molar-refractivity contribution in [2.24, 2.45) is 0 Å². The van der Waals surface area contributed by atoms with Gasteiger partial charge in [-0.3, -0.25) is 9.20 Å². The molecule has 0 aliphatic carbocycles. The number of halogens is 4. The summed E-state index contributed by atoms with van der Waals surface area (Å²) in [7, 11) is 0. The fraction of sp³-hybridized carbons (Fsp3) is 0.200. The Bertz CT molecular complexity index is 923. The number of nitrogens with zero attached hydrogens (tertiary/aromatic N) is 3. The second-order valence-electron chi connectivity index (χ2n) is 5.13. The third-order valence-electron chi connectivity index (χ3n) is 3.46. The van der Waals surface area contributed by atoms with Gasteiger partial charge in [0.1, 0.15) is 5.82 Å². The Morgan fingerprint density at radius 3 is 2.43 bits per heavy atom. The molecule has 2 heterocycles. The molecule has 0 saturated carbocycles. The van der Waals surface area contributed by atoms with E-state index in [1.165, 1.54) is 35.0 Å². The lowest BCUT2D eigenvalue weighted by Crippen LogP contribution is -2.20. The van der Waals surface area contributed by atoms with Crippen molar-refractivity contribution in [2.45, 2.75) is 19.6 Å². The SMILES string of the molecule is Cc1cn2c(=O)cc(C(F)(F)F)nc2n1Cc1ccc(F)cc1. The van der Waals surface area contributed by atoms with E-state index in [2.05, 4.69) is 4.98 Å². The van der Waals surface area contributed by atoms with Crippen molar-refractivity contribution in [3.63, 3.8) is 0 Å². The van der Waals surface area contributed by atoms with E-state index in [9.17, 15) is 22.4 Å². The van der Waals surface area contributed by atoms with Gasteiger partial charge in [-0.05, 0) is 24.6 Å². The molecular formula is C15H11F4N3O. The van der Waals surface area contributed by atoms with Gasteiger partial charge in [-0.25, -0.2) is 9.37 Å². The third-order valence-corrected chi connectivity index (χ3v) is 3.46. The van der Waals surface area contributed by atoms with E-state index in [4.69, 9.17) is 0 Å². The number of hydrogen-bond acceptors (Lipinski definition) is 2. The molecular weight excluding hydrogens is 314 g/mol. The van der Waals surface area contributed by atoms with E-state index in [0.29, 0.717) is 17.3 Å². The Kier molecular flexibility index (Phi) is 3.46. The van der Waals surface area contributed by atoms with Crippen molar-refractivity contribution < 1.29 is 17.6 Å². The molecule has 0 radical (unpaired) electrons. The van der Waals surface area contributed by atoms with Crippen LogP contribution in [0.3, 0.4) is 0 Å². The van der Waals surface area contributed by atoms with Crippen LogP contribution in [-0.2, 0) is 12.7 Å². The van der Waals surface area contributed by atoms with Crippen LogP contribution in [0.5, 0.6) is 0 Å². The Hall–Kier alpha value is -2.64. The number of aromatic nitrogens is 3. The number of alkyl halides is 3. The number of rotatable bonds is 2. The maximum absolute atomic E-state index is 12.9. The Labute approximate surface area is 127 Å². The van der Waals surface area contributed by atoms with Crippen molar-refractivity contribution in [2.75, 3.05) is 0 Å². The molecule has 0 N–H and O–H groups in total. The van der Waals surface area contributed by atoms with Crippen LogP contribution in [0, 0.1) is 12.7 Å². The summed E-state index contributed by atoms with van der Waals surface area (Å²) in [5.41, 5.74) is -0.790. The molecule has 1 aromatic carbocycles. The standard InChI is InChI=1S/C15H11F4N3O/c1-9-7-22-13(23)6-12(15(17,18)19)20-14(22)21(9)8-10-2-4-11(16)5-3-10/h2-7H,8H2,1H3. The summed E-state index contributed by atoms with van der Waals surface area (Å²) in [4.78, 5) is 15.4. The fourth-order valence-corrected chi connectivity index (χ4v) is 2.32. The smallest absolute Gasteiger partial charge is 0.310 e.